The average molecular weight is 399 g/mol. The predicted molar refractivity (Wildman–Crippen MR) is 108 cm³/mol. The number of hydrogen-bond donors (Lipinski definition) is 1. The van der Waals surface area contributed by atoms with Crippen LogP contribution in [0, 0.1) is 10.8 Å². The zero-order chi connectivity index (χ0) is 21.4. The molecule has 0 aromatic heterocycles. The number of imide groups is 1. The van der Waals surface area contributed by atoms with Crippen molar-refractivity contribution in [1.29, 1.82) is 0 Å². The van der Waals surface area contributed by atoms with Gasteiger partial charge in [-0.1, -0.05) is 26.7 Å². The molecule has 0 aromatic rings. The Morgan fingerprint density at radius 3 is 2.11 bits per heavy atom. The molecule has 0 aromatic carbocycles. The molecule has 1 heterocycles. The van der Waals surface area contributed by atoms with E-state index in [2.05, 4.69) is 13.8 Å². The number of unbranched alkanes of at least 4 members (excludes halogenated alkanes) is 2. The summed E-state index contributed by atoms with van der Waals surface area (Å²) in [6.07, 6.45) is 5.21. The molecule has 1 aliphatic heterocycles. The van der Waals surface area contributed by atoms with E-state index in [9.17, 15) is 14.4 Å². The minimum atomic E-state index is -0.754. The van der Waals surface area contributed by atoms with Crippen molar-refractivity contribution in [1.82, 2.24) is 9.80 Å². The molecule has 0 spiro atoms. The SMILES string of the molecule is CCN1CC(=O)N(CC(C)(C)CCCCOCCCCC(C)(C)C(=O)O)C1=O. The van der Waals surface area contributed by atoms with Gasteiger partial charge in [-0.25, -0.2) is 4.79 Å². The Bertz CT molecular complexity index is 545. The van der Waals surface area contributed by atoms with Gasteiger partial charge in [0.15, 0.2) is 0 Å². The molecule has 1 N–H and O–H groups in total. The fourth-order valence-electron chi connectivity index (χ4n) is 3.29. The van der Waals surface area contributed by atoms with E-state index in [0.29, 0.717) is 32.7 Å². The van der Waals surface area contributed by atoms with E-state index < -0.39 is 11.4 Å². The van der Waals surface area contributed by atoms with Gasteiger partial charge in [0, 0.05) is 26.3 Å². The summed E-state index contributed by atoms with van der Waals surface area (Å²) in [5.41, 5.74) is -0.782. The van der Waals surface area contributed by atoms with Crippen molar-refractivity contribution in [3.8, 4) is 0 Å². The Morgan fingerprint density at radius 1 is 1.04 bits per heavy atom. The third-order valence-corrected chi connectivity index (χ3v) is 5.41. The number of hydrogen-bond acceptors (Lipinski definition) is 4. The number of carbonyl (C=O) groups excluding carboxylic acids is 2. The van der Waals surface area contributed by atoms with Crippen LogP contribution in [0.5, 0.6) is 0 Å². The maximum Gasteiger partial charge on any atom is 0.327 e. The number of likely N-dealkylation sites (N-methyl/N-ethyl adjacent to an activating group) is 1. The fourth-order valence-corrected chi connectivity index (χ4v) is 3.29. The topological polar surface area (TPSA) is 87.2 Å². The normalized spacial score (nSPS) is 15.6. The summed E-state index contributed by atoms with van der Waals surface area (Å²) in [7, 11) is 0. The largest absolute Gasteiger partial charge is 0.481 e. The minimum absolute atomic E-state index is 0.102. The molecule has 1 aliphatic rings. The highest BCUT2D eigenvalue weighted by molar-refractivity contribution is 6.02. The molecule has 162 valence electrons. The molecule has 0 radical (unpaired) electrons. The van der Waals surface area contributed by atoms with E-state index in [4.69, 9.17) is 9.84 Å². The van der Waals surface area contributed by atoms with Crippen LogP contribution >= 0.6 is 0 Å². The van der Waals surface area contributed by atoms with Crippen molar-refractivity contribution in [2.45, 2.75) is 73.1 Å². The van der Waals surface area contributed by atoms with Crippen LogP contribution in [0.2, 0.25) is 0 Å². The maximum atomic E-state index is 12.2. The first-order chi connectivity index (χ1) is 13.0. The number of rotatable bonds is 14. The third kappa shape index (κ3) is 7.78. The van der Waals surface area contributed by atoms with Gasteiger partial charge >= 0.3 is 12.0 Å². The first-order valence-corrected chi connectivity index (χ1v) is 10.4. The monoisotopic (exact) mass is 398 g/mol. The number of nitrogens with zero attached hydrogens (tertiary/aromatic N) is 2. The Labute approximate surface area is 169 Å². The van der Waals surface area contributed by atoms with Gasteiger partial charge < -0.3 is 14.7 Å². The minimum Gasteiger partial charge on any atom is -0.481 e. The zero-order valence-corrected chi connectivity index (χ0v) is 18.3. The average Bonchev–Trinajstić information content (AvgIpc) is 2.87. The molecule has 0 bridgehead atoms. The first kappa shape index (κ1) is 24.4. The number of carboxylic acids is 1. The van der Waals surface area contributed by atoms with Crippen LogP contribution < -0.4 is 0 Å². The van der Waals surface area contributed by atoms with Gasteiger partial charge in [0.25, 0.3) is 0 Å². The van der Waals surface area contributed by atoms with E-state index >= 15 is 0 Å². The summed E-state index contributed by atoms with van der Waals surface area (Å²) in [4.78, 5) is 38.3. The number of amides is 3. The van der Waals surface area contributed by atoms with Crippen molar-refractivity contribution >= 4 is 17.9 Å². The number of carbonyl (C=O) groups is 3. The highest BCUT2D eigenvalue weighted by Crippen LogP contribution is 2.27. The second-order valence-electron chi connectivity index (χ2n) is 9.16. The Morgan fingerprint density at radius 2 is 1.61 bits per heavy atom. The van der Waals surface area contributed by atoms with Crippen molar-refractivity contribution in [2.24, 2.45) is 10.8 Å². The lowest BCUT2D eigenvalue weighted by atomic mass is 9.86. The zero-order valence-electron chi connectivity index (χ0n) is 18.3. The Hall–Kier alpha value is -1.63. The lowest BCUT2D eigenvalue weighted by Crippen LogP contribution is -2.39. The second kappa shape index (κ2) is 10.8. The van der Waals surface area contributed by atoms with Crippen LogP contribution in [0.25, 0.3) is 0 Å². The lowest BCUT2D eigenvalue weighted by molar-refractivity contribution is -0.147. The highest BCUT2D eigenvalue weighted by atomic mass is 16.5. The van der Waals surface area contributed by atoms with Crippen LogP contribution in [0.15, 0.2) is 0 Å². The van der Waals surface area contributed by atoms with Crippen molar-refractivity contribution < 1.29 is 24.2 Å². The molecule has 0 saturated carbocycles. The van der Waals surface area contributed by atoms with Crippen LogP contribution in [0.3, 0.4) is 0 Å². The standard InChI is InChI=1S/C21H38N2O5/c1-6-22-15-17(24)23(19(22)27)16-20(2,3)11-7-9-13-28-14-10-8-12-21(4,5)18(25)26/h6-16H2,1-5H3,(H,25,26). The number of aliphatic carboxylic acids is 1. The number of ether oxygens (including phenoxy) is 1. The quantitative estimate of drug-likeness (QED) is 0.355. The van der Waals surface area contributed by atoms with Crippen LogP contribution in [-0.2, 0) is 14.3 Å². The van der Waals surface area contributed by atoms with Gasteiger partial charge in [-0.3, -0.25) is 14.5 Å². The molecule has 1 rings (SSSR count). The summed E-state index contributed by atoms with van der Waals surface area (Å²) in [6.45, 7) is 12.1. The number of urea groups is 1. The van der Waals surface area contributed by atoms with E-state index in [1.807, 2.05) is 6.92 Å². The van der Waals surface area contributed by atoms with E-state index in [0.717, 1.165) is 32.1 Å². The highest BCUT2D eigenvalue weighted by Gasteiger charge is 2.37. The molecule has 1 saturated heterocycles. The molecular weight excluding hydrogens is 360 g/mol. The lowest BCUT2D eigenvalue weighted by Gasteiger charge is -2.29. The molecule has 1 fully saturated rings. The summed E-state index contributed by atoms with van der Waals surface area (Å²) in [5.74, 6) is -0.856. The van der Waals surface area contributed by atoms with Gasteiger partial charge in [0.05, 0.1) is 5.41 Å². The second-order valence-corrected chi connectivity index (χ2v) is 9.16. The van der Waals surface area contributed by atoms with Crippen molar-refractivity contribution in [3.63, 3.8) is 0 Å². The summed E-state index contributed by atoms with van der Waals surface area (Å²) >= 11 is 0. The van der Waals surface area contributed by atoms with Gasteiger partial charge in [0.1, 0.15) is 6.54 Å². The maximum absolute atomic E-state index is 12.2. The van der Waals surface area contributed by atoms with Gasteiger partial charge in [0.2, 0.25) is 5.91 Å². The first-order valence-electron chi connectivity index (χ1n) is 10.4. The third-order valence-electron chi connectivity index (χ3n) is 5.41. The molecule has 0 aliphatic carbocycles. The molecule has 0 atom stereocenters. The molecule has 7 heteroatoms. The molecule has 3 amide bonds. The molecule has 7 nitrogen and oxygen atoms in total. The molecule has 28 heavy (non-hydrogen) atoms. The van der Waals surface area contributed by atoms with E-state index in [-0.39, 0.29) is 23.9 Å². The molecule has 0 unspecified atom stereocenters. The smallest absolute Gasteiger partial charge is 0.327 e. The predicted octanol–water partition coefficient (Wildman–Crippen LogP) is 3.76. The Balaban J connectivity index is 2.14. The molecular formula is C21H38N2O5. The Kier molecular flexibility index (Phi) is 9.40. The van der Waals surface area contributed by atoms with Gasteiger partial charge in [-0.2, -0.15) is 0 Å². The van der Waals surface area contributed by atoms with Gasteiger partial charge in [-0.15, -0.1) is 0 Å². The summed E-state index contributed by atoms with van der Waals surface area (Å²) < 4.78 is 5.65. The van der Waals surface area contributed by atoms with Crippen molar-refractivity contribution in [2.75, 3.05) is 32.8 Å². The van der Waals surface area contributed by atoms with Gasteiger partial charge in [-0.05, 0) is 51.9 Å². The van der Waals surface area contributed by atoms with E-state index in [1.165, 1.54) is 4.90 Å². The van der Waals surface area contributed by atoms with Crippen LogP contribution in [0.1, 0.15) is 73.1 Å². The summed E-state index contributed by atoms with van der Waals surface area (Å²) in [6, 6.07) is -0.171. The summed E-state index contributed by atoms with van der Waals surface area (Å²) in [5, 5.41) is 9.08. The van der Waals surface area contributed by atoms with Crippen molar-refractivity contribution in [3.05, 3.63) is 0 Å². The van der Waals surface area contributed by atoms with E-state index in [1.54, 1.807) is 18.7 Å². The van der Waals surface area contributed by atoms with Crippen LogP contribution in [-0.4, -0.2) is 65.7 Å². The van der Waals surface area contributed by atoms with Crippen LogP contribution in [0.4, 0.5) is 4.79 Å². The number of carboxylic acid groups (broad SMARTS) is 1. The fraction of sp³-hybridized carbons (Fsp3) is 0.857.